The van der Waals surface area contributed by atoms with Crippen LogP contribution in [-0.4, -0.2) is 7.11 Å². The topological polar surface area (TPSA) is 9.23 Å². The van der Waals surface area contributed by atoms with E-state index in [2.05, 4.69) is 35.8 Å². The molecule has 1 nitrogen and oxygen atoms in total. The number of hydrogen-bond donors (Lipinski definition) is 0. The molecule has 1 rings (SSSR count). The van der Waals surface area contributed by atoms with Crippen LogP contribution in [0.4, 0.5) is 0 Å². The van der Waals surface area contributed by atoms with Crippen LogP contribution in [0.5, 0.6) is 5.75 Å². The summed E-state index contributed by atoms with van der Waals surface area (Å²) in [6, 6.07) is 6.18. The van der Waals surface area contributed by atoms with Crippen molar-refractivity contribution < 1.29 is 4.74 Å². The van der Waals surface area contributed by atoms with Gasteiger partial charge in [0.25, 0.3) is 0 Å². The average molecular weight is 243 g/mol. The molecule has 0 aliphatic heterocycles. The molecule has 0 bridgehead atoms. The molecule has 1 aromatic rings. The molecule has 1 atom stereocenters. The first kappa shape index (κ1) is 10.6. The Morgan fingerprint density at radius 1 is 1.46 bits per heavy atom. The summed E-state index contributed by atoms with van der Waals surface area (Å²) < 4.78 is 6.39. The summed E-state index contributed by atoms with van der Waals surface area (Å²) in [7, 11) is 1.71. The minimum Gasteiger partial charge on any atom is -0.495 e. The SMILES string of the molecule is CCC(C)c1cccc(Br)c1OC. The lowest BCUT2D eigenvalue weighted by Crippen LogP contribution is -1.96. The summed E-state index contributed by atoms with van der Waals surface area (Å²) >= 11 is 3.48. The van der Waals surface area contributed by atoms with Gasteiger partial charge in [0.1, 0.15) is 5.75 Å². The zero-order valence-corrected chi connectivity index (χ0v) is 9.89. The molecule has 0 aliphatic carbocycles. The van der Waals surface area contributed by atoms with Crippen molar-refractivity contribution in [3.05, 3.63) is 28.2 Å². The molecule has 1 aromatic carbocycles. The summed E-state index contributed by atoms with van der Waals surface area (Å²) in [6.07, 6.45) is 1.13. The molecule has 72 valence electrons. The molecule has 0 N–H and O–H groups in total. The van der Waals surface area contributed by atoms with Gasteiger partial charge in [0.15, 0.2) is 0 Å². The van der Waals surface area contributed by atoms with Gasteiger partial charge >= 0.3 is 0 Å². The van der Waals surface area contributed by atoms with E-state index in [0.717, 1.165) is 16.6 Å². The quantitative estimate of drug-likeness (QED) is 0.780. The van der Waals surface area contributed by atoms with E-state index in [1.165, 1.54) is 5.56 Å². The van der Waals surface area contributed by atoms with Crippen LogP contribution in [0.25, 0.3) is 0 Å². The molecular formula is C11H15BrO. The van der Waals surface area contributed by atoms with Crippen LogP contribution < -0.4 is 4.74 Å². The third-order valence-corrected chi connectivity index (χ3v) is 2.97. The second kappa shape index (κ2) is 4.66. The monoisotopic (exact) mass is 242 g/mol. The second-order valence-electron chi connectivity index (χ2n) is 3.17. The van der Waals surface area contributed by atoms with Gasteiger partial charge in [-0.25, -0.2) is 0 Å². The molecule has 13 heavy (non-hydrogen) atoms. The summed E-state index contributed by atoms with van der Waals surface area (Å²) in [4.78, 5) is 0. The molecule has 0 fully saturated rings. The number of halogens is 1. The Kier molecular flexibility index (Phi) is 3.79. The molecule has 0 saturated carbocycles. The van der Waals surface area contributed by atoms with Crippen molar-refractivity contribution in [2.45, 2.75) is 26.2 Å². The third-order valence-electron chi connectivity index (χ3n) is 2.34. The lowest BCUT2D eigenvalue weighted by molar-refractivity contribution is 0.403. The highest BCUT2D eigenvalue weighted by molar-refractivity contribution is 9.10. The van der Waals surface area contributed by atoms with Crippen LogP contribution in [0.15, 0.2) is 22.7 Å². The van der Waals surface area contributed by atoms with E-state index in [4.69, 9.17) is 4.74 Å². The molecule has 1 unspecified atom stereocenters. The van der Waals surface area contributed by atoms with E-state index in [0.29, 0.717) is 5.92 Å². The van der Waals surface area contributed by atoms with Crippen LogP contribution >= 0.6 is 15.9 Å². The Hall–Kier alpha value is -0.500. The van der Waals surface area contributed by atoms with Crippen LogP contribution in [0.3, 0.4) is 0 Å². The molecule has 0 radical (unpaired) electrons. The van der Waals surface area contributed by atoms with Gasteiger partial charge in [-0.1, -0.05) is 26.0 Å². The van der Waals surface area contributed by atoms with Crippen LogP contribution in [0, 0.1) is 0 Å². The summed E-state index contributed by atoms with van der Waals surface area (Å²) in [5.74, 6) is 1.52. The number of rotatable bonds is 3. The summed E-state index contributed by atoms with van der Waals surface area (Å²) in [5.41, 5.74) is 1.28. The largest absolute Gasteiger partial charge is 0.495 e. The van der Waals surface area contributed by atoms with Gasteiger partial charge in [-0.2, -0.15) is 0 Å². The van der Waals surface area contributed by atoms with Crippen molar-refractivity contribution in [1.29, 1.82) is 0 Å². The van der Waals surface area contributed by atoms with Gasteiger partial charge in [0.2, 0.25) is 0 Å². The first-order valence-electron chi connectivity index (χ1n) is 4.53. The van der Waals surface area contributed by atoms with Crippen LogP contribution in [-0.2, 0) is 0 Å². The van der Waals surface area contributed by atoms with E-state index in [1.54, 1.807) is 7.11 Å². The maximum atomic E-state index is 5.35. The Bertz CT molecular complexity index is 283. The highest BCUT2D eigenvalue weighted by Crippen LogP contribution is 2.34. The summed E-state index contributed by atoms with van der Waals surface area (Å²) in [6.45, 7) is 4.40. The molecular weight excluding hydrogens is 228 g/mol. The number of para-hydroxylation sites is 1. The van der Waals surface area contributed by atoms with Gasteiger partial charge in [0.05, 0.1) is 11.6 Å². The highest BCUT2D eigenvalue weighted by Gasteiger charge is 2.11. The van der Waals surface area contributed by atoms with Crippen molar-refractivity contribution >= 4 is 15.9 Å². The number of hydrogen-bond acceptors (Lipinski definition) is 1. The van der Waals surface area contributed by atoms with Gasteiger partial charge in [0, 0.05) is 0 Å². The fraction of sp³-hybridized carbons (Fsp3) is 0.455. The first-order chi connectivity index (χ1) is 6.20. The smallest absolute Gasteiger partial charge is 0.136 e. The minimum absolute atomic E-state index is 0.549. The normalized spacial score (nSPS) is 12.6. The maximum Gasteiger partial charge on any atom is 0.136 e. The third kappa shape index (κ3) is 2.25. The maximum absolute atomic E-state index is 5.35. The minimum atomic E-state index is 0.549. The molecule has 0 aromatic heterocycles. The van der Waals surface area contributed by atoms with Crippen LogP contribution in [0.1, 0.15) is 31.7 Å². The highest BCUT2D eigenvalue weighted by atomic mass is 79.9. The molecule has 0 saturated heterocycles. The van der Waals surface area contributed by atoms with Gasteiger partial charge in [-0.3, -0.25) is 0 Å². The Balaban J connectivity index is 3.12. The van der Waals surface area contributed by atoms with Crippen molar-refractivity contribution in [1.82, 2.24) is 0 Å². The van der Waals surface area contributed by atoms with Gasteiger partial charge < -0.3 is 4.74 Å². The standard InChI is InChI=1S/C11H15BrO/c1-4-8(2)9-6-5-7-10(12)11(9)13-3/h5-8H,4H2,1-3H3. The number of benzene rings is 1. The molecule has 0 aliphatic rings. The Labute approximate surface area is 88.2 Å². The van der Waals surface area contributed by atoms with E-state index in [9.17, 15) is 0 Å². The van der Waals surface area contributed by atoms with Crippen LogP contribution in [0.2, 0.25) is 0 Å². The second-order valence-corrected chi connectivity index (χ2v) is 4.03. The molecule has 0 amide bonds. The number of methoxy groups -OCH3 is 1. The molecule has 0 heterocycles. The van der Waals surface area contributed by atoms with Crippen molar-refractivity contribution in [3.63, 3.8) is 0 Å². The lowest BCUT2D eigenvalue weighted by Gasteiger charge is -2.14. The van der Waals surface area contributed by atoms with E-state index >= 15 is 0 Å². The zero-order chi connectivity index (χ0) is 9.84. The van der Waals surface area contributed by atoms with Gasteiger partial charge in [-0.05, 0) is 39.9 Å². The zero-order valence-electron chi connectivity index (χ0n) is 8.30. The Morgan fingerprint density at radius 2 is 2.15 bits per heavy atom. The van der Waals surface area contributed by atoms with E-state index < -0.39 is 0 Å². The Morgan fingerprint density at radius 3 is 2.69 bits per heavy atom. The van der Waals surface area contributed by atoms with Gasteiger partial charge in [-0.15, -0.1) is 0 Å². The fourth-order valence-electron chi connectivity index (χ4n) is 1.35. The fourth-order valence-corrected chi connectivity index (χ4v) is 1.89. The molecule has 2 heteroatoms. The predicted octanol–water partition coefficient (Wildman–Crippen LogP) is 3.97. The van der Waals surface area contributed by atoms with Crippen molar-refractivity contribution in [2.75, 3.05) is 7.11 Å². The van der Waals surface area contributed by atoms with E-state index in [1.807, 2.05) is 12.1 Å². The number of ether oxygens (including phenoxy) is 1. The van der Waals surface area contributed by atoms with Crippen molar-refractivity contribution in [3.8, 4) is 5.75 Å². The van der Waals surface area contributed by atoms with E-state index in [-0.39, 0.29) is 0 Å². The lowest BCUT2D eigenvalue weighted by atomic mass is 9.98. The van der Waals surface area contributed by atoms with Crippen molar-refractivity contribution in [2.24, 2.45) is 0 Å². The summed E-state index contributed by atoms with van der Waals surface area (Å²) in [5, 5.41) is 0. The average Bonchev–Trinajstić information content (AvgIpc) is 2.16. The first-order valence-corrected chi connectivity index (χ1v) is 5.32. The molecule has 0 spiro atoms. The predicted molar refractivity (Wildman–Crippen MR) is 59.4 cm³/mol.